The number of rotatable bonds is 4. The van der Waals surface area contributed by atoms with Crippen LogP contribution in [0.5, 0.6) is 0 Å². The van der Waals surface area contributed by atoms with E-state index in [4.69, 9.17) is 4.98 Å². The summed E-state index contributed by atoms with van der Waals surface area (Å²) in [7, 11) is 0. The number of pyridine rings is 1. The van der Waals surface area contributed by atoms with E-state index in [1.54, 1.807) is 0 Å². The molecule has 0 fully saturated rings. The van der Waals surface area contributed by atoms with Gasteiger partial charge in [-0.15, -0.1) is 0 Å². The molecule has 3 nitrogen and oxygen atoms in total. The maximum Gasteiger partial charge on any atom is 0.256 e. The number of nitrogens with one attached hydrogen (secondary N) is 1. The molecule has 0 aliphatic carbocycles. The highest BCUT2D eigenvalue weighted by atomic mass is 16.1. The average molecular weight is 366 g/mol. The first-order valence-corrected chi connectivity index (χ1v) is 9.51. The second-order valence-corrected chi connectivity index (χ2v) is 6.95. The lowest BCUT2D eigenvalue weighted by Gasteiger charge is -2.12. The number of carbonyl (C=O) groups excluding carboxylic acids is 1. The van der Waals surface area contributed by atoms with Crippen molar-refractivity contribution >= 4 is 22.5 Å². The van der Waals surface area contributed by atoms with Crippen LogP contribution in [-0.4, -0.2) is 10.9 Å². The minimum atomic E-state index is -0.123. The predicted molar refractivity (Wildman–Crippen MR) is 116 cm³/mol. The maximum absolute atomic E-state index is 13.2. The van der Waals surface area contributed by atoms with Gasteiger partial charge in [0.05, 0.1) is 16.8 Å². The zero-order valence-corrected chi connectivity index (χ0v) is 16.1. The molecule has 0 saturated carbocycles. The minimum Gasteiger partial charge on any atom is -0.322 e. The predicted octanol–water partition coefficient (Wildman–Crippen LogP) is 6.02. The van der Waals surface area contributed by atoms with Crippen LogP contribution >= 0.6 is 0 Å². The molecule has 0 saturated heterocycles. The number of carbonyl (C=O) groups is 1. The summed E-state index contributed by atoms with van der Waals surface area (Å²) < 4.78 is 0. The number of nitrogens with zero attached hydrogens (tertiary/aromatic N) is 1. The Hall–Kier alpha value is -3.46. The van der Waals surface area contributed by atoms with E-state index in [9.17, 15) is 4.79 Å². The molecule has 0 atom stereocenters. The summed E-state index contributed by atoms with van der Waals surface area (Å²) in [5, 5.41) is 3.91. The van der Waals surface area contributed by atoms with Crippen LogP contribution in [0.15, 0.2) is 78.9 Å². The largest absolute Gasteiger partial charge is 0.322 e. The van der Waals surface area contributed by atoms with Gasteiger partial charge < -0.3 is 5.32 Å². The lowest BCUT2D eigenvalue weighted by Crippen LogP contribution is -2.13. The van der Waals surface area contributed by atoms with E-state index in [0.717, 1.165) is 39.8 Å². The van der Waals surface area contributed by atoms with Crippen molar-refractivity contribution in [2.45, 2.75) is 20.3 Å². The quantitative estimate of drug-likeness (QED) is 0.479. The molecular formula is C25H22N2O. The molecule has 4 rings (SSSR count). The molecular weight excluding hydrogens is 344 g/mol. The van der Waals surface area contributed by atoms with Crippen molar-refractivity contribution in [3.05, 3.63) is 95.6 Å². The van der Waals surface area contributed by atoms with Gasteiger partial charge in [0.25, 0.3) is 5.91 Å². The molecule has 3 aromatic carbocycles. The standard InChI is InChI=1S/C25H22N2O/c1-3-18-11-14-23-21(15-18)22(16-24(27-23)19-7-5-4-6-8-19)25(28)26-20-12-9-17(2)10-13-20/h4-16H,3H2,1-2H3,(H,26,28). The van der Waals surface area contributed by atoms with Gasteiger partial charge in [0.2, 0.25) is 0 Å². The molecule has 0 spiro atoms. The van der Waals surface area contributed by atoms with Gasteiger partial charge in [0.15, 0.2) is 0 Å². The number of anilines is 1. The number of aryl methyl sites for hydroxylation is 2. The average Bonchev–Trinajstić information content (AvgIpc) is 2.74. The van der Waals surface area contributed by atoms with Crippen LogP contribution < -0.4 is 5.32 Å². The van der Waals surface area contributed by atoms with E-state index in [-0.39, 0.29) is 5.91 Å². The molecule has 0 radical (unpaired) electrons. The molecule has 3 heteroatoms. The Morgan fingerprint density at radius 2 is 1.68 bits per heavy atom. The van der Waals surface area contributed by atoms with Crippen LogP contribution in [0.4, 0.5) is 5.69 Å². The molecule has 4 aromatic rings. The highest BCUT2D eigenvalue weighted by Gasteiger charge is 2.15. The van der Waals surface area contributed by atoms with Crippen LogP contribution in [0, 0.1) is 6.92 Å². The fourth-order valence-electron chi connectivity index (χ4n) is 3.27. The summed E-state index contributed by atoms with van der Waals surface area (Å²) in [4.78, 5) is 18.0. The lowest BCUT2D eigenvalue weighted by molar-refractivity contribution is 0.102. The Kier molecular flexibility index (Phi) is 4.90. The van der Waals surface area contributed by atoms with Crippen LogP contribution in [0.25, 0.3) is 22.2 Å². The molecule has 1 aromatic heterocycles. The first kappa shape index (κ1) is 17.9. The van der Waals surface area contributed by atoms with E-state index in [1.165, 1.54) is 5.56 Å². The van der Waals surface area contributed by atoms with Gasteiger partial charge >= 0.3 is 0 Å². The van der Waals surface area contributed by atoms with Crippen molar-refractivity contribution in [3.8, 4) is 11.3 Å². The van der Waals surface area contributed by atoms with Gasteiger partial charge in [-0.05, 0) is 49.2 Å². The van der Waals surface area contributed by atoms with E-state index in [0.29, 0.717) is 5.56 Å². The van der Waals surface area contributed by atoms with Crippen LogP contribution in [0.3, 0.4) is 0 Å². The number of fused-ring (bicyclic) bond motifs is 1. The molecule has 138 valence electrons. The van der Waals surface area contributed by atoms with Crippen LogP contribution in [0.2, 0.25) is 0 Å². The van der Waals surface area contributed by atoms with E-state index in [2.05, 4.69) is 24.4 Å². The first-order chi connectivity index (χ1) is 13.6. The third-order valence-corrected chi connectivity index (χ3v) is 4.90. The lowest BCUT2D eigenvalue weighted by atomic mass is 10.0. The monoisotopic (exact) mass is 366 g/mol. The van der Waals surface area contributed by atoms with Gasteiger partial charge in [-0.3, -0.25) is 4.79 Å². The number of hydrogen-bond acceptors (Lipinski definition) is 2. The second-order valence-electron chi connectivity index (χ2n) is 6.95. The number of aromatic nitrogens is 1. The SMILES string of the molecule is CCc1ccc2nc(-c3ccccc3)cc(C(=O)Nc3ccc(C)cc3)c2c1. The summed E-state index contributed by atoms with van der Waals surface area (Å²) in [6, 6.07) is 25.8. The first-order valence-electron chi connectivity index (χ1n) is 9.51. The van der Waals surface area contributed by atoms with Crippen molar-refractivity contribution in [2.75, 3.05) is 5.32 Å². The minimum absolute atomic E-state index is 0.123. The van der Waals surface area contributed by atoms with E-state index in [1.807, 2.05) is 73.7 Å². The highest BCUT2D eigenvalue weighted by Crippen LogP contribution is 2.27. The molecule has 1 heterocycles. The van der Waals surface area contributed by atoms with E-state index >= 15 is 0 Å². The molecule has 28 heavy (non-hydrogen) atoms. The summed E-state index contributed by atoms with van der Waals surface area (Å²) in [6.07, 6.45) is 0.912. The van der Waals surface area contributed by atoms with Crippen molar-refractivity contribution in [3.63, 3.8) is 0 Å². The highest BCUT2D eigenvalue weighted by molar-refractivity contribution is 6.13. The summed E-state index contributed by atoms with van der Waals surface area (Å²) in [6.45, 7) is 4.14. The fourth-order valence-corrected chi connectivity index (χ4v) is 3.27. The Morgan fingerprint density at radius 1 is 0.929 bits per heavy atom. The molecule has 0 aliphatic heterocycles. The van der Waals surface area contributed by atoms with Gasteiger partial charge in [-0.2, -0.15) is 0 Å². The molecule has 1 amide bonds. The second kappa shape index (κ2) is 7.65. The zero-order valence-electron chi connectivity index (χ0n) is 16.1. The van der Waals surface area contributed by atoms with Crippen molar-refractivity contribution in [1.29, 1.82) is 0 Å². The van der Waals surface area contributed by atoms with Crippen LogP contribution in [-0.2, 0) is 6.42 Å². The van der Waals surface area contributed by atoms with Crippen LogP contribution in [0.1, 0.15) is 28.4 Å². The maximum atomic E-state index is 13.2. The smallest absolute Gasteiger partial charge is 0.256 e. The Bertz CT molecular complexity index is 1130. The van der Waals surface area contributed by atoms with Gasteiger partial charge in [-0.25, -0.2) is 4.98 Å². The zero-order chi connectivity index (χ0) is 19.5. The Labute approximate surface area is 165 Å². The summed E-state index contributed by atoms with van der Waals surface area (Å²) >= 11 is 0. The normalized spacial score (nSPS) is 10.8. The van der Waals surface area contributed by atoms with Crippen molar-refractivity contribution in [2.24, 2.45) is 0 Å². The third kappa shape index (κ3) is 3.65. The topological polar surface area (TPSA) is 42.0 Å². The molecule has 0 aliphatic rings. The molecule has 1 N–H and O–H groups in total. The Morgan fingerprint density at radius 3 is 2.39 bits per heavy atom. The number of benzene rings is 3. The van der Waals surface area contributed by atoms with Crippen molar-refractivity contribution in [1.82, 2.24) is 4.98 Å². The molecule has 0 bridgehead atoms. The van der Waals surface area contributed by atoms with E-state index < -0.39 is 0 Å². The number of hydrogen-bond donors (Lipinski definition) is 1. The van der Waals surface area contributed by atoms with Gasteiger partial charge in [-0.1, -0.05) is 61.0 Å². The van der Waals surface area contributed by atoms with Crippen molar-refractivity contribution < 1.29 is 4.79 Å². The number of amides is 1. The third-order valence-electron chi connectivity index (χ3n) is 4.90. The molecule has 0 unspecified atom stereocenters. The summed E-state index contributed by atoms with van der Waals surface area (Å²) in [5.74, 6) is -0.123. The fraction of sp³-hybridized carbons (Fsp3) is 0.120. The van der Waals surface area contributed by atoms with Gasteiger partial charge in [0, 0.05) is 16.6 Å². The Balaban J connectivity index is 1.83. The van der Waals surface area contributed by atoms with Gasteiger partial charge in [0.1, 0.15) is 0 Å². The summed E-state index contributed by atoms with van der Waals surface area (Å²) in [5.41, 5.74) is 6.39.